The van der Waals surface area contributed by atoms with Gasteiger partial charge in [-0.15, -0.1) is 5.73 Å². The SMILES string of the molecule is C=CC(C)(O)C(=C=C(C)C)CCCC. The Labute approximate surface area is 87.8 Å². The fourth-order valence-electron chi connectivity index (χ4n) is 1.22. The van der Waals surface area contributed by atoms with Gasteiger partial charge in [-0.2, -0.15) is 0 Å². The zero-order valence-corrected chi connectivity index (χ0v) is 9.85. The summed E-state index contributed by atoms with van der Waals surface area (Å²) >= 11 is 0. The molecule has 0 heterocycles. The maximum atomic E-state index is 10.0. The van der Waals surface area contributed by atoms with E-state index >= 15 is 0 Å². The molecule has 0 radical (unpaired) electrons. The highest BCUT2D eigenvalue weighted by Gasteiger charge is 2.20. The van der Waals surface area contributed by atoms with Crippen molar-refractivity contribution in [2.75, 3.05) is 0 Å². The summed E-state index contributed by atoms with van der Waals surface area (Å²) in [5.41, 5.74) is 4.34. The van der Waals surface area contributed by atoms with Gasteiger partial charge in [-0.3, -0.25) is 0 Å². The third-order valence-corrected chi connectivity index (χ3v) is 2.19. The van der Waals surface area contributed by atoms with Crippen LogP contribution in [0, 0.1) is 0 Å². The van der Waals surface area contributed by atoms with E-state index < -0.39 is 5.60 Å². The van der Waals surface area contributed by atoms with Gasteiger partial charge in [0.2, 0.25) is 0 Å². The molecule has 1 atom stereocenters. The fraction of sp³-hybridized carbons (Fsp3) is 0.615. The lowest BCUT2D eigenvalue weighted by molar-refractivity contribution is 0.147. The second-order valence-corrected chi connectivity index (χ2v) is 4.06. The van der Waals surface area contributed by atoms with Crippen molar-refractivity contribution in [1.82, 2.24) is 0 Å². The van der Waals surface area contributed by atoms with Gasteiger partial charge in [-0.25, -0.2) is 0 Å². The molecular formula is C13H22O. The molecular weight excluding hydrogens is 172 g/mol. The van der Waals surface area contributed by atoms with Gasteiger partial charge in [0.25, 0.3) is 0 Å². The predicted molar refractivity (Wildman–Crippen MR) is 62.2 cm³/mol. The molecule has 0 aliphatic heterocycles. The topological polar surface area (TPSA) is 20.2 Å². The average Bonchev–Trinajstić information content (AvgIpc) is 2.11. The molecule has 80 valence electrons. The second-order valence-electron chi connectivity index (χ2n) is 4.06. The lowest BCUT2D eigenvalue weighted by Gasteiger charge is -2.21. The average molecular weight is 194 g/mol. The Morgan fingerprint density at radius 3 is 2.43 bits per heavy atom. The number of hydrogen-bond acceptors (Lipinski definition) is 1. The minimum absolute atomic E-state index is 0.890. The van der Waals surface area contributed by atoms with Crippen molar-refractivity contribution in [2.45, 2.75) is 52.6 Å². The summed E-state index contributed by atoms with van der Waals surface area (Å²) in [5.74, 6) is 0. The highest BCUT2D eigenvalue weighted by atomic mass is 16.3. The first-order valence-electron chi connectivity index (χ1n) is 5.23. The Bertz CT molecular complexity index is 248. The summed E-state index contributed by atoms with van der Waals surface area (Å²) in [6, 6.07) is 0. The predicted octanol–water partition coefficient (Wildman–Crippen LogP) is 3.61. The van der Waals surface area contributed by atoms with E-state index in [0.717, 1.165) is 30.4 Å². The van der Waals surface area contributed by atoms with Crippen LogP contribution < -0.4 is 0 Å². The zero-order chi connectivity index (χ0) is 11.2. The lowest BCUT2D eigenvalue weighted by atomic mass is 9.92. The monoisotopic (exact) mass is 194 g/mol. The van der Waals surface area contributed by atoms with Gasteiger partial charge in [0.1, 0.15) is 5.60 Å². The van der Waals surface area contributed by atoms with Crippen LogP contribution in [0.5, 0.6) is 0 Å². The molecule has 1 unspecified atom stereocenters. The van der Waals surface area contributed by atoms with Crippen LogP contribution in [0.3, 0.4) is 0 Å². The molecule has 0 fully saturated rings. The van der Waals surface area contributed by atoms with Crippen LogP contribution in [0.15, 0.2) is 29.5 Å². The molecule has 0 aliphatic carbocycles. The molecule has 0 bridgehead atoms. The van der Waals surface area contributed by atoms with Gasteiger partial charge in [-0.05, 0) is 39.2 Å². The van der Waals surface area contributed by atoms with Crippen LogP contribution >= 0.6 is 0 Å². The van der Waals surface area contributed by atoms with E-state index in [4.69, 9.17) is 0 Å². The van der Waals surface area contributed by atoms with Crippen LogP contribution in [0.25, 0.3) is 0 Å². The minimum Gasteiger partial charge on any atom is -0.381 e. The lowest BCUT2D eigenvalue weighted by Crippen LogP contribution is -2.23. The maximum Gasteiger partial charge on any atom is 0.108 e. The zero-order valence-electron chi connectivity index (χ0n) is 9.85. The van der Waals surface area contributed by atoms with Gasteiger partial charge < -0.3 is 5.11 Å². The van der Waals surface area contributed by atoms with Gasteiger partial charge in [0.15, 0.2) is 0 Å². The third-order valence-electron chi connectivity index (χ3n) is 2.19. The van der Waals surface area contributed by atoms with E-state index in [-0.39, 0.29) is 0 Å². The van der Waals surface area contributed by atoms with Crippen LogP contribution in [0.2, 0.25) is 0 Å². The summed E-state index contributed by atoms with van der Waals surface area (Å²) in [7, 11) is 0. The summed E-state index contributed by atoms with van der Waals surface area (Å²) < 4.78 is 0. The minimum atomic E-state index is -0.910. The summed E-state index contributed by atoms with van der Waals surface area (Å²) in [5, 5.41) is 10.0. The molecule has 1 nitrogen and oxygen atoms in total. The van der Waals surface area contributed by atoms with Crippen molar-refractivity contribution in [3.05, 3.63) is 29.5 Å². The first kappa shape index (κ1) is 13.2. The molecule has 1 heteroatoms. The van der Waals surface area contributed by atoms with Crippen molar-refractivity contribution in [1.29, 1.82) is 0 Å². The molecule has 1 N–H and O–H groups in total. The summed E-state index contributed by atoms with van der Waals surface area (Å²) in [4.78, 5) is 0. The molecule has 0 amide bonds. The third kappa shape index (κ3) is 4.45. The highest BCUT2D eigenvalue weighted by Crippen LogP contribution is 2.22. The summed E-state index contributed by atoms with van der Waals surface area (Å²) in [6.45, 7) is 11.5. The van der Waals surface area contributed by atoms with E-state index in [2.05, 4.69) is 19.2 Å². The van der Waals surface area contributed by atoms with E-state index in [1.54, 1.807) is 13.0 Å². The Hall–Kier alpha value is -0.780. The molecule has 0 aromatic carbocycles. The number of rotatable bonds is 5. The van der Waals surface area contributed by atoms with Crippen molar-refractivity contribution in [3.63, 3.8) is 0 Å². The van der Waals surface area contributed by atoms with Gasteiger partial charge in [0.05, 0.1) is 0 Å². The van der Waals surface area contributed by atoms with E-state index in [9.17, 15) is 5.11 Å². The van der Waals surface area contributed by atoms with Crippen LogP contribution in [0.1, 0.15) is 47.0 Å². The van der Waals surface area contributed by atoms with Crippen molar-refractivity contribution in [2.24, 2.45) is 0 Å². The number of unbranched alkanes of at least 4 members (excludes halogenated alkanes) is 1. The summed E-state index contributed by atoms with van der Waals surface area (Å²) in [6.07, 6.45) is 4.68. The molecule has 0 aliphatic rings. The van der Waals surface area contributed by atoms with Crippen LogP contribution in [0.4, 0.5) is 0 Å². The van der Waals surface area contributed by atoms with Gasteiger partial charge in [-0.1, -0.05) is 26.0 Å². The van der Waals surface area contributed by atoms with Gasteiger partial charge >= 0.3 is 0 Å². The maximum absolute atomic E-state index is 10.0. The highest BCUT2D eigenvalue weighted by molar-refractivity contribution is 5.22. The van der Waals surface area contributed by atoms with E-state index in [1.807, 2.05) is 13.8 Å². The molecule has 0 aromatic heterocycles. The Morgan fingerprint density at radius 2 is 2.07 bits per heavy atom. The number of hydrogen-bond donors (Lipinski definition) is 1. The molecule has 0 spiro atoms. The van der Waals surface area contributed by atoms with Gasteiger partial charge in [0, 0.05) is 5.57 Å². The Balaban J connectivity index is 4.93. The first-order valence-corrected chi connectivity index (χ1v) is 5.23. The van der Waals surface area contributed by atoms with Crippen molar-refractivity contribution < 1.29 is 5.11 Å². The van der Waals surface area contributed by atoms with E-state index in [1.165, 1.54) is 0 Å². The molecule has 0 aromatic rings. The Kier molecular flexibility index (Phi) is 5.52. The van der Waals surface area contributed by atoms with Crippen molar-refractivity contribution >= 4 is 0 Å². The molecule has 14 heavy (non-hydrogen) atoms. The second kappa shape index (κ2) is 5.85. The quantitative estimate of drug-likeness (QED) is 0.523. The normalized spacial score (nSPS) is 14.1. The molecule has 0 saturated heterocycles. The largest absolute Gasteiger partial charge is 0.381 e. The Morgan fingerprint density at radius 1 is 1.50 bits per heavy atom. The standard InChI is InChI=1S/C13H22O/c1-6-8-9-12(10-11(3)4)13(5,14)7-2/h7,14H,2,6,8-9H2,1,3-5H3. The smallest absolute Gasteiger partial charge is 0.108 e. The fourth-order valence-corrected chi connectivity index (χ4v) is 1.22. The van der Waals surface area contributed by atoms with Crippen LogP contribution in [-0.4, -0.2) is 10.7 Å². The molecule has 0 saturated carbocycles. The van der Waals surface area contributed by atoms with Crippen LogP contribution in [-0.2, 0) is 0 Å². The number of aliphatic hydroxyl groups is 1. The van der Waals surface area contributed by atoms with E-state index in [0.29, 0.717) is 0 Å². The van der Waals surface area contributed by atoms with Crippen molar-refractivity contribution in [3.8, 4) is 0 Å². The molecule has 0 rings (SSSR count). The first-order chi connectivity index (χ1) is 6.44.